The standard InChI is InChI=1S/C13H16ClN3O/c1-18-11-3-4-12(14)13(9-11)16-5-2-7-17-8-6-15-10-17/h3-4,6,8-10,16H,2,5,7H2,1H3. The summed E-state index contributed by atoms with van der Waals surface area (Å²) >= 11 is 6.10. The van der Waals surface area contributed by atoms with E-state index in [1.807, 2.05) is 30.7 Å². The van der Waals surface area contributed by atoms with Gasteiger partial charge >= 0.3 is 0 Å². The summed E-state index contributed by atoms with van der Waals surface area (Å²) in [6.07, 6.45) is 6.56. The van der Waals surface area contributed by atoms with Crippen molar-refractivity contribution in [3.63, 3.8) is 0 Å². The first kappa shape index (κ1) is 12.8. The molecular weight excluding hydrogens is 250 g/mol. The lowest BCUT2D eigenvalue weighted by Crippen LogP contribution is -2.06. The van der Waals surface area contributed by atoms with Gasteiger partial charge in [-0.25, -0.2) is 4.98 Å². The van der Waals surface area contributed by atoms with Gasteiger partial charge in [-0.05, 0) is 18.6 Å². The first-order chi connectivity index (χ1) is 8.79. The van der Waals surface area contributed by atoms with Crippen molar-refractivity contribution in [3.05, 3.63) is 41.9 Å². The van der Waals surface area contributed by atoms with Crippen LogP contribution in [-0.2, 0) is 6.54 Å². The maximum atomic E-state index is 6.10. The molecule has 1 aromatic carbocycles. The Balaban J connectivity index is 1.82. The van der Waals surface area contributed by atoms with E-state index < -0.39 is 0 Å². The number of hydrogen-bond acceptors (Lipinski definition) is 3. The monoisotopic (exact) mass is 265 g/mol. The summed E-state index contributed by atoms with van der Waals surface area (Å²) in [5.74, 6) is 0.802. The van der Waals surface area contributed by atoms with Gasteiger partial charge in [-0.3, -0.25) is 0 Å². The minimum atomic E-state index is 0.707. The van der Waals surface area contributed by atoms with Gasteiger partial charge in [-0.1, -0.05) is 11.6 Å². The smallest absolute Gasteiger partial charge is 0.121 e. The van der Waals surface area contributed by atoms with Crippen molar-refractivity contribution in [2.75, 3.05) is 19.0 Å². The number of nitrogens with zero attached hydrogens (tertiary/aromatic N) is 2. The van der Waals surface area contributed by atoms with Crippen LogP contribution < -0.4 is 10.1 Å². The zero-order valence-corrected chi connectivity index (χ0v) is 11.0. The third-order valence-corrected chi connectivity index (χ3v) is 2.97. The number of imidazole rings is 1. The van der Waals surface area contributed by atoms with E-state index in [2.05, 4.69) is 14.9 Å². The highest BCUT2D eigenvalue weighted by atomic mass is 35.5. The molecule has 4 nitrogen and oxygen atoms in total. The zero-order valence-electron chi connectivity index (χ0n) is 10.3. The molecule has 18 heavy (non-hydrogen) atoms. The Morgan fingerprint density at radius 3 is 3.06 bits per heavy atom. The highest BCUT2D eigenvalue weighted by molar-refractivity contribution is 6.33. The summed E-state index contributed by atoms with van der Waals surface area (Å²) in [6, 6.07) is 5.58. The number of benzene rings is 1. The molecule has 2 aromatic rings. The maximum Gasteiger partial charge on any atom is 0.121 e. The van der Waals surface area contributed by atoms with Crippen molar-refractivity contribution >= 4 is 17.3 Å². The number of hydrogen-bond donors (Lipinski definition) is 1. The van der Waals surface area contributed by atoms with Crippen LogP contribution in [0.25, 0.3) is 0 Å². The summed E-state index contributed by atoms with van der Waals surface area (Å²) < 4.78 is 7.21. The van der Waals surface area contributed by atoms with Crippen LogP contribution in [0, 0.1) is 0 Å². The van der Waals surface area contributed by atoms with Gasteiger partial charge in [-0.2, -0.15) is 0 Å². The topological polar surface area (TPSA) is 39.1 Å². The summed E-state index contributed by atoms with van der Waals surface area (Å²) in [4.78, 5) is 4.00. The molecule has 1 heterocycles. The van der Waals surface area contributed by atoms with E-state index in [0.29, 0.717) is 5.02 Å². The number of ether oxygens (including phenoxy) is 1. The van der Waals surface area contributed by atoms with E-state index in [0.717, 1.165) is 30.9 Å². The Kier molecular flexibility index (Phi) is 4.47. The summed E-state index contributed by atoms with van der Waals surface area (Å²) in [6.45, 7) is 1.79. The van der Waals surface area contributed by atoms with Crippen molar-refractivity contribution < 1.29 is 4.74 Å². The van der Waals surface area contributed by atoms with Crippen LogP contribution in [0.2, 0.25) is 5.02 Å². The molecule has 0 fully saturated rings. The third kappa shape index (κ3) is 3.40. The Morgan fingerprint density at radius 2 is 2.33 bits per heavy atom. The number of anilines is 1. The van der Waals surface area contributed by atoms with Gasteiger partial charge in [0.25, 0.3) is 0 Å². The second kappa shape index (κ2) is 6.31. The maximum absolute atomic E-state index is 6.10. The molecule has 0 bridgehead atoms. The number of methoxy groups -OCH3 is 1. The van der Waals surface area contributed by atoms with Crippen molar-refractivity contribution in [1.82, 2.24) is 9.55 Å². The van der Waals surface area contributed by atoms with E-state index >= 15 is 0 Å². The molecule has 0 amide bonds. The number of halogens is 1. The van der Waals surface area contributed by atoms with E-state index in [9.17, 15) is 0 Å². The number of nitrogens with one attached hydrogen (secondary N) is 1. The molecule has 0 spiro atoms. The second-order valence-electron chi connectivity index (χ2n) is 3.93. The minimum absolute atomic E-state index is 0.707. The summed E-state index contributed by atoms with van der Waals surface area (Å²) in [7, 11) is 1.64. The predicted molar refractivity (Wildman–Crippen MR) is 73.3 cm³/mol. The molecule has 0 aliphatic rings. The molecule has 1 aromatic heterocycles. The highest BCUT2D eigenvalue weighted by Gasteiger charge is 2.01. The summed E-state index contributed by atoms with van der Waals surface area (Å²) in [5.41, 5.74) is 0.904. The van der Waals surface area contributed by atoms with Crippen LogP contribution in [0.3, 0.4) is 0 Å². The van der Waals surface area contributed by atoms with Gasteiger partial charge in [0.1, 0.15) is 5.75 Å². The van der Waals surface area contributed by atoms with Gasteiger partial charge in [0, 0.05) is 31.5 Å². The molecule has 0 atom stereocenters. The molecule has 0 saturated heterocycles. The van der Waals surface area contributed by atoms with Crippen LogP contribution in [0.5, 0.6) is 5.75 Å². The Hall–Kier alpha value is -1.68. The molecule has 0 radical (unpaired) electrons. The number of rotatable bonds is 6. The van der Waals surface area contributed by atoms with Gasteiger partial charge in [-0.15, -0.1) is 0 Å². The van der Waals surface area contributed by atoms with Gasteiger partial charge in [0.05, 0.1) is 24.1 Å². The fourth-order valence-electron chi connectivity index (χ4n) is 1.67. The molecule has 0 aliphatic carbocycles. The van der Waals surface area contributed by atoms with E-state index in [-0.39, 0.29) is 0 Å². The number of aryl methyl sites for hydroxylation is 1. The first-order valence-corrected chi connectivity index (χ1v) is 6.20. The number of aromatic nitrogens is 2. The fourth-order valence-corrected chi connectivity index (χ4v) is 1.85. The van der Waals surface area contributed by atoms with Crippen molar-refractivity contribution in [1.29, 1.82) is 0 Å². The van der Waals surface area contributed by atoms with Crippen LogP contribution in [0.1, 0.15) is 6.42 Å². The predicted octanol–water partition coefficient (Wildman–Crippen LogP) is 3.05. The van der Waals surface area contributed by atoms with Crippen LogP contribution in [0.15, 0.2) is 36.9 Å². The quantitative estimate of drug-likeness (QED) is 0.816. The Labute approximate surface area is 112 Å². The SMILES string of the molecule is COc1ccc(Cl)c(NCCCn2ccnc2)c1. The fraction of sp³-hybridized carbons (Fsp3) is 0.308. The second-order valence-corrected chi connectivity index (χ2v) is 4.33. The molecule has 0 unspecified atom stereocenters. The Morgan fingerprint density at radius 1 is 1.44 bits per heavy atom. The first-order valence-electron chi connectivity index (χ1n) is 5.83. The van der Waals surface area contributed by atoms with Gasteiger partial charge < -0.3 is 14.6 Å². The van der Waals surface area contributed by atoms with Crippen LogP contribution in [0.4, 0.5) is 5.69 Å². The lowest BCUT2D eigenvalue weighted by Gasteiger charge is -2.10. The average molecular weight is 266 g/mol. The largest absolute Gasteiger partial charge is 0.497 e. The molecule has 5 heteroatoms. The van der Waals surface area contributed by atoms with E-state index in [4.69, 9.17) is 16.3 Å². The normalized spacial score (nSPS) is 10.3. The molecule has 0 aliphatic heterocycles. The third-order valence-electron chi connectivity index (χ3n) is 2.64. The molecule has 96 valence electrons. The minimum Gasteiger partial charge on any atom is -0.497 e. The van der Waals surface area contributed by atoms with E-state index in [1.54, 1.807) is 13.3 Å². The molecule has 2 rings (SSSR count). The van der Waals surface area contributed by atoms with Crippen molar-refractivity contribution in [2.45, 2.75) is 13.0 Å². The summed E-state index contributed by atoms with van der Waals surface area (Å²) in [5, 5.41) is 4.01. The molecular formula is C13H16ClN3O. The highest BCUT2D eigenvalue weighted by Crippen LogP contribution is 2.26. The lowest BCUT2D eigenvalue weighted by atomic mass is 10.3. The van der Waals surface area contributed by atoms with Crippen LogP contribution >= 0.6 is 11.6 Å². The molecule has 1 N–H and O–H groups in total. The van der Waals surface area contributed by atoms with Crippen molar-refractivity contribution in [3.8, 4) is 5.75 Å². The lowest BCUT2D eigenvalue weighted by molar-refractivity contribution is 0.415. The average Bonchev–Trinajstić information content (AvgIpc) is 2.89. The van der Waals surface area contributed by atoms with E-state index in [1.165, 1.54) is 0 Å². The van der Waals surface area contributed by atoms with Crippen molar-refractivity contribution in [2.24, 2.45) is 0 Å². The zero-order chi connectivity index (χ0) is 12.8. The molecule has 0 saturated carbocycles. The van der Waals surface area contributed by atoms with Gasteiger partial charge in [0.2, 0.25) is 0 Å². The van der Waals surface area contributed by atoms with Gasteiger partial charge in [0.15, 0.2) is 0 Å². The van der Waals surface area contributed by atoms with Crippen LogP contribution in [-0.4, -0.2) is 23.2 Å². The Bertz CT molecular complexity index is 485.